The molecule has 0 saturated carbocycles. The molecule has 1 atom stereocenters. The second-order valence-electron chi connectivity index (χ2n) is 6.73. The Morgan fingerprint density at radius 2 is 1.93 bits per heavy atom. The van der Waals surface area contributed by atoms with Crippen LogP contribution in [0.1, 0.15) is 17.5 Å². The molecular formula is C19H18F5N3O2. The number of benzene rings is 2. The summed E-state index contributed by atoms with van der Waals surface area (Å²) in [6.07, 6.45) is -4.44. The summed E-state index contributed by atoms with van der Waals surface area (Å²) in [6, 6.07) is 6.02. The Morgan fingerprint density at radius 1 is 1.17 bits per heavy atom. The summed E-state index contributed by atoms with van der Waals surface area (Å²) in [5, 5.41) is 4.79. The highest BCUT2D eigenvalue weighted by Gasteiger charge is 2.38. The normalized spacial score (nSPS) is 19.2. The van der Waals surface area contributed by atoms with Crippen LogP contribution >= 0.6 is 0 Å². The zero-order valence-corrected chi connectivity index (χ0v) is 15.1. The molecule has 5 nitrogen and oxygen atoms in total. The first-order chi connectivity index (χ1) is 13.6. The van der Waals surface area contributed by atoms with Crippen LogP contribution in [-0.4, -0.2) is 24.7 Å². The SMILES string of the molecule is NC1(C(=O)NCc2ccc(Nc3c(F)cccc3C(F)(F)F)cc2F)CCOC1. The van der Waals surface area contributed by atoms with E-state index in [1.807, 2.05) is 0 Å². The van der Waals surface area contributed by atoms with Crippen LogP contribution in [0.4, 0.5) is 33.3 Å². The maximum absolute atomic E-state index is 14.3. The molecule has 1 saturated heterocycles. The molecule has 10 heteroatoms. The van der Waals surface area contributed by atoms with Crippen molar-refractivity contribution in [2.45, 2.75) is 24.7 Å². The molecule has 1 amide bonds. The van der Waals surface area contributed by atoms with Gasteiger partial charge in [-0.05, 0) is 30.7 Å². The van der Waals surface area contributed by atoms with E-state index in [1.165, 1.54) is 12.1 Å². The number of rotatable bonds is 5. The predicted molar refractivity (Wildman–Crippen MR) is 95.3 cm³/mol. The van der Waals surface area contributed by atoms with Gasteiger partial charge in [0.1, 0.15) is 17.2 Å². The Labute approximate surface area is 163 Å². The van der Waals surface area contributed by atoms with Crippen molar-refractivity contribution < 1.29 is 31.5 Å². The van der Waals surface area contributed by atoms with E-state index in [4.69, 9.17) is 10.5 Å². The van der Waals surface area contributed by atoms with E-state index in [-0.39, 0.29) is 24.4 Å². The number of carbonyl (C=O) groups excluding carboxylic acids is 1. The lowest BCUT2D eigenvalue weighted by atomic mass is 9.99. The molecule has 1 heterocycles. The van der Waals surface area contributed by atoms with Crippen molar-refractivity contribution in [2.75, 3.05) is 18.5 Å². The van der Waals surface area contributed by atoms with Crippen LogP contribution in [0, 0.1) is 11.6 Å². The average Bonchev–Trinajstić information content (AvgIpc) is 3.09. The highest BCUT2D eigenvalue weighted by Crippen LogP contribution is 2.37. The Morgan fingerprint density at radius 3 is 2.55 bits per heavy atom. The van der Waals surface area contributed by atoms with Crippen molar-refractivity contribution in [3.63, 3.8) is 0 Å². The first kappa shape index (κ1) is 21.0. The summed E-state index contributed by atoms with van der Waals surface area (Å²) in [4.78, 5) is 12.1. The van der Waals surface area contributed by atoms with Crippen molar-refractivity contribution in [3.05, 3.63) is 59.2 Å². The fourth-order valence-electron chi connectivity index (χ4n) is 2.91. The number of halogens is 5. The van der Waals surface area contributed by atoms with Gasteiger partial charge in [-0.3, -0.25) is 4.79 Å². The van der Waals surface area contributed by atoms with Crippen LogP contribution in [0.25, 0.3) is 0 Å². The predicted octanol–water partition coefficient (Wildman–Crippen LogP) is 3.46. The number of carbonyl (C=O) groups is 1. The number of amides is 1. The van der Waals surface area contributed by atoms with Gasteiger partial charge < -0.3 is 21.1 Å². The van der Waals surface area contributed by atoms with Gasteiger partial charge in [-0.25, -0.2) is 8.78 Å². The van der Waals surface area contributed by atoms with Crippen LogP contribution in [0.15, 0.2) is 36.4 Å². The van der Waals surface area contributed by atoms with Crippen molar-refractivity contribution in [3.8, 4) is 0 Å². The van der Waals surface area contributed by atoms with Crippen molar-refractivity contribution in [2.24, 2.45) is 5.73 Å². The largest absolute Gasteiger partial charge is 0.418 e. The first-order valence-corrected chi connectivity index (χ1v) is 8.66. The zero-order chi connectivity index (χ0) is 21.2. The van der Waals surface area contributed by atoms with Crippen LogP contribution in [0.3, 0.4) is 0 Å². The fourth-order valence-corrected chi connectivity index (χ4v) is 2.91. The van der Waals surface area contributed by atoms with Gasteiger partial charge >= 0.3 is 6.18 Å². The number of hydrogen-bond acceptors (Lipinski definition) is 4. The summed E-state index contributed by atoms with van der Waals surface area (Å²) in [6.45, 7) is 0.250. The first-order valence-electron chi connectivity index (χ1n) is 8.66. The molecule has 4 N–H and O–H groups in total. The van der Waals surface area contributed by atoms with Gasteiger partial charge in [0.2, 0.25) is 5.91 Å². The lowest BCUT2D eigenvalue weighted by Gasteiger charge is -2.20. The topological polar surface area (TPSA) is 76.4 Å². The number of nitrogens with two attached hydrogens (primary N) is 1. The van der Waals surface area contributed by atoms with E-state index in [2.05, 4.69) is 10.6 Å². The average molecular weight is 415 g/mol. The minimum atomic E-state index is -4.78. The number of ether oxygens (including phenoxy) is 1. The van der Waals surface area contributed by atoms with E-state index in [0.717, 1.165) is 24.3 Å². The molecule has 1 aliphatic heterocycles. The van der Waals surface area contributed by atoms with Gasteiger partial charge in [-0.1, -0.05) is 12.1 Å². The Balaban J connectivity index is 1.73. The molecule has 0 aliphatic carbocycles. The summed E-state index contributed by atoms with van der Waals surface area (Å²) in [5.41, 5.74) is 2.75. The Hall–Kier alpha value is -2.72. The van der Waals surface area contributed by atoms with Crippen LogP contribution in [-0.2, 0) is 22.3 Å². The maximum atomic E-state index is 14.3. The highest BCUT2D eigenvalue weighted by molar-refractivity contribution is 5.86. The number of para-hydroxylation sites is 1. The number of hydrogen-bond donors (Lipinski definition) is 3. The molecule has 29 heavy (non-hydrogen) atoms. The quantitative estimate of drug-likeness (QED) is 0.654. The second-order valence-corrected chi connectivity index (χ2v) is 6.73. The monoisotopic (exact) mass is 415 g/mol. The van der Waals surface area contributed by atoms with Gasteiger partial charge in [-0.2, -0.15) is 13.2 Å². The van der Waals surface area contributed by atoms with E-state index in [9.17, 15) is 26.7 Å². The molecule has 1 aliphatic rings. The molecule has 0 bridgehead atoms. The van der Waals surface area contributed by atoms with Crippen LogP contribution < -0.4 is 16.4 Å². The summed E-state index contributed by atoms with van der Waals surface area (Å²) < 4.78 is 72.6. The van der Waals surface area contributed by atoms with E-state index >= 15 is 0 Å². The van der Waals surface area contributed by atoms with Gasteiger partial charge in [0.25, 0.3) is 0 Å². The Kier molecular flexibility index (Phi) is 5.76. The summed E-state index contributed by atoms with van der Waals surface area (Å²) in [7, 11) is 0. The van der Waals surface area contributed by atoms with Gasteiger partial charge in [-0.15, -0.1) is 0 Å². The Bertz CT molecular complexity index is 911. The second kappa shape index (κ2) is 7.96. The lowest BCUT2D eigenvalue weighted by Crippen LogP contribution is -2.54. The zero-order valence-electron chi connectivity index (χ0n) is 15.1. The molecule has 0 aromatic heterocycles. The van der Waals surface area contributed by atoms with E-state index in [1.54, 1.807) is 0 Å². The molecule has 1 fully saturated rings. The standard InChI is InChI=1S/C19H18F5N3O2/c20-14-3-1-2-13(19(22,23)24)16(14)27-12-5-4-11(15(21)8-12)9-26-17(28)18(25)6-7-29-10-18/h1-5,8,27H,6-7,9-10,25H2,(H,26,28). The third-order valence-electron chi connectivity index (χ3n) is 4.59. The van der Waals surface area contributed by atoms with E-state index < -0.39 is 40.5 Å². The van der Waals surface area contributed by atoms with Crippen LogP contribution in [0.5, 0.6) is 0 Å². The molecule has 0 spiro atoms. The third kappa shape index (κ3) is 4.65. The van der Waals surface area contributed by atoms with Crippen molar-refractivity contribution in [1.82, 2.24) is 5.32 Å². The van der Waals surface area contributed by atoms with E-state index in [0.29, 0.717) is 13.0 Å². The summed E-state index contributed by atoms with van der Waals surface area (Å²) >= 11 is 0. The van der Waals surface area contributed by atoms with Crippen molar-refractivity contribution in [1.29, 1.82) is 0 Å². The minimum Gasteiger partial charge on any atom is -0.379 e. The van der Waals surface area contributed by atoms with Gasteiger partial charge in [0.15, 0.2) is 0 Å². The molecule has 1 unspecified atom stereocenters. The molecule has 2 aromatic rings. The number of alkyl halides is 3. The number of nitrogens with one attached hydrogen (secondary N) is 2. The van der Waals surface area contributed by atoms with Crippen LogP contribution in [0.2, 0.25) is 0 Å². The fraction of sp³-hybridized carbons (Fsp3) is 0.316. The lowest BCUT2D eigenvalue weighted by molar-refractivity contribution is -0.137. The van der Waals surface area contributed by atoms with Gasteiger partial charge in [0.05, 0.1) is 17.9 Å². The minimum absolute atomic E-state index is 0.0638. The van der Waals surface area contributed by atoms with Gasteiger partial charge in [0, 0.05) is 24.4 Å². The smallest absolute Gasteiger partial charge is 0.379 e. The maximum Gasteiger partial charge on any atom is 0.418 e. The molecule has 2 aromatic carbocycles. The molecule has 0 radical (unpaired) electrons. The van der Waals surface area contributed by atoms with Crippen molar-refractivity contribution >= 4 is 17.3 Å². The molecule has 156 valence electrons. The third-order valence-corrected chi connectivity index (χ3v) is 4.59. The summed E-state index contributed by atoms with van der Waals surface area (Å²) in [5.74, 6) is -2.39. The highest BCUT2D eigenvalue weighted by atomic mass is 19.4. The number of anilines is 2. The molecular weight excluding hydrogens is 397 g/mol. The molecule has 3 rings (SSSR count).